The van der Waals surface area contributed by atoms with Crippen LogP contribution >= 0.6 is 23.2 Å². The smallest absolute Gasteiger partial charge is 0.346 e. The number of esters is 2. The molecule has 0 saturated carbocycles. The number of rotatable bonds is 1. The largest absolute Gasteiger partial charge is 0.386 e. The van der Waals surface area contributed by atoms with Crippen molar-refractivity contribution in [3.63, 3.8) is 0 Å². The van der Waals surface area contributed by atoms with E-state index in [0.29, 0.717) is 21.2 Å². The number of allylic oxidation sites excluding steroid dienone is 1. The molecule has 0 aromatic heterocycles. The van der Waals surface area contributed by atoms with Crippen LogP contribution in [0.15, 0.2) is 34.9 Å². The van der Waals surface area contributed by atoms with E-state index in [9.17, 15) is 9.59 Å². The van der Waals surface area contributed by atoms with Gasteiger partial charge in [0.1, 0.15) is 0 Å². The van der Waals surface area contributed by atoms with E-state index in [-0.39, 0.29) is 11.1 Å². The van der Waals surface area contributed by atoms with Crippen LogP contribution in [0.5, 0.6) is 0 Å². The third-order valence-corrected chi connectivity index (χ3v) is 3.33. The maximum atomic E-state index is 11.7. The molecule has 0 atom stereocenters. The number of ether oxygens (including phenoxy) is 1. The number of hydrogen-bond donors (Lipinski definition) is 0. The summed E-state index contributed by atoms with van der Waals surface area (Å²) in [5, 5.41) is 0.806. The summed E-state index contributed by atoms with van der Waals surface area (Å²) in [6.07, 6.45) is 1.49. The topological polar surface area (TPSA) is 43.4 Å². The van der Waals surface area contributed by atoms with Crippen LogP contribution in [0.4, 0.5) is 0 Å². The Labute approximate surface area is 120 Å². The van der Waals surface area contributed by atoms with Gasteiger partial charge >= 0.3 is 11.9 Å². The Morgan fingerprint density at radius 2 is 1.68 bits per heavy atom. The molecule has 0 spiro atoms. The molecule has 0 bridgehead atoms. The molecule has 2 rings (SSSR count). The lowest BCUT2D eigenvalue weighted by molar-refractivity contribution is -0.149. The van der Waals surface area contributed by atoms with E-state index in [1.54, 1.807) is 32.0 Å². The Morgan fingerprint density at radius 1 is 1.11 bits per heavy atom. The van der Waals surface area contributed by atoms with Crippen molar-refractivity contribution in [1.82, 2.24) is 0 Å². The first kappa shape index (κ1) is 13.8. The summed E-state index contributed by atoms with van der Waals surface area (Å²) in [6, 6.07) is 5.01. The number of cyclic esters (lactones) is 2. The van der Waals surface area contributed by atoms with E-state index in [1.807, 2.05) is 0 Å². The average Bonchev–Trinajstić information content (AvgIpc) is 2.58. The lowest BCUT2D eigenvalue weighted by atomic mass is 10.0. The quantitative estimate of drug-likeness (QED) is 0.450. The zero-order valence-electron chi connectivity index (χ0n) is 10.3. The molecule has 0 amide bonds. The number of benzene rings is 1. The number of hydrogen-bond acceptors (Lipinski definition) is 3. The first-order valence-electron chi connectivity index (χ1n) is 5.52. The van der Waals surface area contributed by atoms with Crippen LogP contribution < -0.4 is 0 Å². The summed E-state index contributed by atoms with van der Waals surface area (Å²) in [4.78, 5) is 23.3. The second-order valence-electron chi connectivity index (χ2n) is 4.25. The molecule has 0 aliphatic carbocycles. The minimum Gasteiger partial charge on any atom is -0.386 e. The Balaban J connectivity index is 2.63. The van der Waals surface area contributed by atoms with Gasteiger partial charge in [0.05, 0.1) is 11.1 Å². The van der Waals surface area contributed by atoms with Crippen molar-refractivity contribution in [3.8, 4) is 0 Å². The van der Waals surface area contributed by atoms with Gasteiger partial charge in [-0.15, -0.1) is 0 Å². The number of carbonyl (C=O) groups is 2. The lowest BCUT2D eigenvalue weighted by Crippen LogP contribution is -1.97. The maximum Gasteiger partial charge on any atom is 0.346 e. The summed E-state index contributed by atoms with van der Waals surface area (Å²) >= 11 is 12.1. The van der Waals surface area contributed by atoms with Crippen molar-refractivity contribution in [3.05, 3.63) is 50.5 Å². The molecule has 0 unspecified atom stereocenters. The highest BCUT2D eigenvalue weighted by molar-refractivity contribution is 6.37. The van der Waals surface area contributed by atoms with E-state index in [2.05, 4.69) is 4.74 Å². The summed E-state index contributed by atoms with van der Waals surface area (Å²) in [5.74, 6) is -1.32. The van der Waals surface area contributed by atoms with Gasteiger partial charge in [0.15, 0.2) is 0 Å². The van der Waals surface area contributed by atoms with Gasteiger partial charge in [0.25, 0.3) is 0 Å². The summed E-state index contributed by atoms with van der Waals surface area (Å²) in [6.45, 7) is 3.47. The van der Waals surface area contributed by atoms with Gasteiger partial charge in [-0.1, -0.05) is 34.8 Å². The molecule has 0 N–H and O–H groups in total. The highest BCUT2D eigenvalue weighted by atomic mass is 35.5. The van der Waals surface area contributed by atoms with Gasteiger partial charge in [0, 0.05) is 15.6 Å². The van der Waals surface area contributed by atoms with Crippen LogP contribution in [0.25, 0.3) is 6.08 Å². The fourth-order valence-electron chi connectivity index (χ4n) is 1.80. The van der Waals surface area contributed by atoms with Crippen LogP contribution in [0.1, 0.15) is 19.4 Å². The standard InChI is InChI=1S/C14H10Cl2O3/c1-7(2)12-9(13(17)19-14(12)18)6-8-10(15)4-3-5-11(8)16/h3-6H,1-2H3/b9-6-. The van der Waals surface area contributed by atoms with Crippen LogP contribution in [0.3, 0.4) is 0 Å². The molecule has 1 aromatic carbocycles. The zero-order valence-corrected chi connectivity index (χ0v) is 11.8. The van der Waals surface area contributed by atoms with Gasteiger partial charge in [-0.3, -0.25) is 0 Å². The highest BCUT2D eigenvalue weighted by Gasteiger charge is 2.34. The van der Waals surface area contributed by atoms with Gasteiger partial charge in [-0.2, -0.15) is 0 Å². The van der Waals surface area contributed by atoms with Crippen molar-refractivity contribution < 1.29 is 14.3 Å². The monoisotopic (exact) mass is 296 g/mol. The highest BCUT2D eigenvalue weighted by Crippen LogP contribution is 2.32. The van der Waals surface area contributed by atoms with E-state index < -0.39 is 11.9 Å². The second-order valence-corrected chi connectivity index (χ2v) is 5.06. The fourth-order valence-corrected chi connectivity index (χ4v) is 2.31. The van der Waals surface area contributed by atoms with Crippen molar-refractivity contribution in [2.45, 2.75) is 13.8 Å². The van der Waals surface area contributed by atoms with E-state index in [0.717, 1.165) is 0 Å². The number of halogens is 2. The van der Waals surface area contributed by atoms with Crippen LogP contribution in [-0.4, -0.2) is 11.9 Å². The fraction of sp³-hybridized carbons (Fsp3) is 0.143. The molecule has 5 heteroatoms. The first-order valence-corrected chi connectivity index (χ1v) is 6.27. The maximum absolute atomic E-state index is 11.7. The molecule has 1 aliphatic rings. The normalized spacial score (nSPS) is 17.1. The summed E-state index contributed by atoms with van der Waals surface area (Å²) < 4.78 is 4.61. The SMILES string of the molecule is CC(C)=C1C(=O)OC(=O)/C1=C\c1c(Cl)cccc1Cl. The van der Waals surface area contributed by atoms with Crippen molar-refractivity contribution in [2.75, 3.05) is 0 Å². The molecular weight excluding hydrogens is 287 g/mol. The summed E-state index contributed by atoms with van der Waals surface area (Å²) in [5.41, 5.74) is 1.64. The third-order valence-electron chi connectivity index (χ3n) is 2.67. The molecule has 98 valence electrons. The van der Waals surface area contributed by atoms with Crippen molar-refractivity contribution in [2.24, 2.45) is 0 Å². The Hall–Kier alpha value is -1.58. The van der Waals surface area contributed by atoms with Gasteiger partial charge in [0.2, 0.25) is 0 Å². The minimum atomic E-state index is -0.683. The van der Waals surface area contributed by atoms with E-state index >= 15 is 0 Å². The predicted octanol–water partition coefficient (Wildman–Crippen LogP) is 3.80. The molecular formula is C14H10Cl2O3. The predicted molar refractivity (Wildman–Crippen MR) is 73.9 cm³/mol. The van der Waals surface area contributed by atoms with Crippen molar-refractivity contribution >= 4 is 41.2 Å². The van der Waals surface area contributed by atoms with Gasteiger partial charge in [-0.25, -0.2) is 9.59 Å². The minimum absolute atomic E-state index is 0.181. The molecule has 1 aromatic rings. The molecule has 1 heterocycles. The van der Waals surface area contributed by atoms with Gasteiger partial charge < -0.3 is 4.74 Å². The molecule has 1 aliphatic heterocycles. The average molecular weight is 297 g/mol. The molecule has 1 saturated heterocycles. The van der Waals surface area contributed by atoms with Gasteiger partial charge in [-0.05, 0) is 32.1 Å². The lowest BCUT2D eigenvalue weighted by Gasteiger charge is -2.03. The second kappa shape index (κ2) is 5.19. The van der Waals surface area contributed by atoms with Crippen molar-refractivity contribution in [1.29, 1.82) is 0 Å². The Morgan fingerprint density at radius 3 is 2.21 bits per heavy atom. The first-order chi connectivity index (χ1) is 8.91. The van der Waals surface area contributed by atoms with Crippen LogP contribution in [0, 0.1) is 0 Å². The summed E-state index contributed by atoms with van der Waals surface area (Å²) in [7, 11) is 0. The van der Waals surface area contributed by atoms with Crippen LogP contribution in [0.2, 0.25) is 10.0 Å². The molecule has 3 nitrogen and oxygen atoms in total. The molecule has 0 radical (unpaired) electrons. The zero-order chi connectivity index (χ0) is 14.2. The Kier molecular flexibility index (Phi) is 3.78. The third kappa shape index (κ3) is 2.57. The van der Waals surface area contributed by atoms with E-state index in [1.165, 1.54) is 6.08 Å². The van der Waals surface area contributed by atoms with Crippen LogP contribution in [-0.2, 0) is 14.3 Å². The number of carbonyl (C=O) groups excluding carboxylic acids is 2. The van der Waals surface area contributed by atoms with E-state index in [4.69, 9.17) is 23.2 Å². The molecule has 19 heavy (non-hydrogen) atoms. The molecule has 1 fully saturated rings. The Bertz CT molecular complexity index is 618.